The Morgan fingerprint density at radius 3 is 2.50 bits per heavy atom. The number of hydrazone groups is 1. The Hall–Kier alpha value is -2.57. The molecule has 0 aliphatic carbocycles. The molecule has 2 amide bonds. The van der Waals surface area contributed by atoms with Gasteiger partial charge < -0.3 is 14.8 Å². The zero-order chi connectivity index (χ0) is 17.9. The Bertz CT molecular complexity index is 570. The third-order valence-electron chi connectivity index (χ3n) is 3.30. The molecule has 1 rings (SSSR count). The van der Waals surface area contributed by atoms with Gasteiger partial charge in [-0.3, -0.25) is 4.79 Å². The van der Waals surface area contributed by atoms with Gasteiger partial charge in [-0.15, -0.1) is 0 Å². The number of carbonyl (C=O) groups is 2. The first-order valence-electron chi connectivity index (χ1n) is 7.82. The van der Waals surface area contributed by atoms with E-state index in [9.17, 15) is 9.59 Å². The molecule has 1 atom stereocenters. The summed E-state index contributed by atoms with van der Waals surface area (Å²) in [5.74, 6) is 0.609. The molecule has 1 unspecified atom stereocenters. The van der Waals surface area contributed by atoms with E-state index in [1.54, 1.807) is 38.3 Å². The minimum atomic E-state index is -0.674. The Kier molecular flexibility index (Phi) is 8.32. The van der Waals surface area contributed by atoms with Crippen LogP contribution in [-0.2, 0) is 16.1 Å². The largest absolute Gasteiger partial charge is 0.497 e. The van der Waals surface area contributed by atoms with Gasteiger partial charge in [0.15, 0.2) is 0 Å². The number of ether oxygens (including phenoxy) is 2. The lowest BCUT2D eigenvalue weighted by molar-refractivity contribution is -0.120. The number of methoxy groups -OCH3 is 1. The maximum absolute atomic E-state index is 11.7. The summed E-state index contributed by atoms with van der Waals surface area (Å²) in [4.78, 5) is 23.3. The number of carbonyl (C=O) groups excluding carboxylic acids is 2. The van der Waals surface area contributed by atoms with E-state index in [1.807, 2.05) is 13.8 Å². The van der Waals surface area contributed by atoms with Crippen LogP contribution in [0.5, 0.6) is 5.75 Å². The highest BCUT2D eigenvalue weighted by Gasteiger charge is 2.08. The number of benzene rings is 1. The Morgan fingerprint density at radius 1 is 1.25 bits per heavy atom. The third-order valence-corrected chi connectivity index (χ3v) is 3.30. The fourth-order valence-corrected chi connectivity index (χ4v) is 1.74. The van der Waals surface area contributed by atoms with Crippen LogP contribution in [0.4, 0.5) is 4.79 Å². The van der Waals surface area contributed by atoms with Crippen molar-refractivity contribution >= 4 is 17.7 Å². The average molecular weight is 335 g/mol. The molecule has 0 radical (unpaired) electrons. The molecule has 0 saturated carbocycles. The minimum Gasteiger partial charge on any atom is -0.497 e. The molecule has 0 aliphatic heterocycles. The van der Waals surface area contributed by atoms with Crippen LogP contribution in [0.25, 0.3) is 0 Å². The lowest BCUT2D eigenvalue weighted by atomic mass is 10.2. The number of nitrogens with zero attached hydrogens (tertiary/aromatic N) is 1. The molecule has 132 valence electrons. The first-order chi connectivity index (χ1) is 11.4. The zero-order valence-electron chi connectivity index (χ0n) is 14.6. The summed E-state index contributed by atoms with van der Waals surface area (Å²) in [5, 5.41) is 6.68. The van der Waals surface area contributed by atoms with Crippen molar-refractivity contribution < 1.29 is 19.1 Å². The third kappa shape index (κ3) is 7.62. The second-order valence-electron chi connectivity index (χ2n) is 5.44. The predicted octanol–water partition coefficient (Wildman–Crippen LogP) is 2.60. The molecule has 1 aromatic carbocycles. The van der Waals surface area contributed by atoms with Gasteiger partial charge in [-0.05, 0) is 38.0 Å². The van der Waals surface area contributed by atoms with Crippen LogP contribution in [0.2, 0.25) is 0 Å². The molecule has 0 fully saturated rings. The van der Waals surface area contributed by atoms with Crippen LogP contribution in [0.15, 0.2) is 29.4 Å². The highest BCUT2D eigenvalue weighted by molar-refractivity contribution is 6.00. The quantitative estimate of drug-likeness (QED) is 0.564. The molecule has 0 bridgehead atoms. The molecule has 0 aliphatic rings. The first kappa shape index (κ1) is 19.5. The average Bonchev–Trinajstić information content (AvgIpc) is 2.58. The number of nitrogens with one attached hydrogen (secondary N) is 2. The van der Waals surface area contributed by atoms with E-state index in [0.29, 0.717) is 5.71 Å². The van der Waals surface area contributed by atoms with Gasteiger partial charge >= 0.3 is 6.09 Å². The molecule has 0 heterocycles. The van der Waals surface area contributed by atoms with Crippen molar-refractivity contribution in [2.75, 3.05) is 7.11 Å². The van der Waals surface area contributed by atoms with Gasteiger partial charge in [0.2, 0.25) is 5.91 Å². The second-order valence-corrected chi connectivity index (χ2v) is 5.44. The summed E-state index contributed by atoms with van der Waals surface area (Å²) in [5.41, 5.74) is 3.60. The highest BCUT2D eigenvalue weighted by Crippen LogP contribution is 2.11. The SMILES string of the molecule is CCC(C)NC(=O)C/C(C)=N/NC(=O)OCc1ccc(OC)cc1. The maximum Gasteiger partial charge on any atom is 0.428 e. The minimum absolute atomic E-state index is 0.118. The molecule has 0 aromatic heterocycles. The van der Waals surface area contributed by atoms with E-state index in [0.717, 1.165) is 17.7 Å². The Balaban J connectivity index is 2.34. The monoisotopic (exact) mass is 335 g/mol. The fourth-order valence-electron chi connectivity index (χ4n) is 1.74. The maximum atomic E-state index is 11.7. The van der Waals surface area contributed by atoms with Crippen LogP contribution >= 0.6 is 0 Å². The summed E-state index contributed by atoms with van der Waals surface area (Å²) in [6.07, 6.45) is 0.313. The van der Waals surface area contributed by atoms with Crippen molar-refractivity contribution in [1.82, 2.24) is 10.7 Å². The van der Waals surface area contributed by atoms with E-state index in [1.165, 1.54) is 0 Å². The van der Waals surface area contributed by atoms with E-state index in [4.69, 9.17) is 9.47 Å². The standard InChI is InChI=1S/C17H25N3O4/c1-5-12(2)18-16(21)10-13(3)19-20-17(22)24-11-14-6-8-15(23-4)9-7-14/h6-9,12H,5,10-11H2,1-4H3,(H,18,21)(H,20,22)/b19-13+. The van der Waals surface area contributed by atoms with Gasteiger partial charge in [-0.1, -0.05) is 19.1 Å². The molecule has 2 N–H and O–H groups in total. The molecule has 0 spiro atoms. The molecule has 24 heavy (non-hydrogen) atoms. The highest BCUT2D eigenvalue weighted by atomic mass is 16.6. The zero-order valence-corrected chi connectivity index (χ0v) is 14.6. The lowest BCUT2D eigenvalue weighted by Gasteiger charge is -2.11. The molecular formula is C17H25N3O4. The van der Waals surface area contributed by atoms with Crippen molar-refractivity contribution in [3.8, 4) is 5.75 Å². The van der Waals surface area contributed by atoms with E-state index >= 15 is 0 Å². The van der Waals surface area contributed by atoms with Gasteiger partial charge in [-0.2, -0.15) is 5.10 Å². The predicted molar refractivity (Wildman–Crippen MR) is 91.9 cm³/mol. The van der Waals surface area contributed by atoms with Crippen LogP contribution in [-0.4, -0.2) is 30.9 Å². The molecular weight excluding hydrogens is 310 g/mol. The smallest absolute Gasteiger partial charge is 0.428 e. The van der Waals surface area contributed by atoms with Crippen LogP contribution in [0, 0.1) is 0 Å². The van der Waals surface area contributed by atoms with Gasteiger partial charge in [-0.25, -0.2) is 10.2 Å². The Labute approximate surface area is 142 Å². The second kappa shape index (κ2) is 10.3. The van der Waals surface area contributed by atoms with Crippen molar-refractivity contribution in [3.05, 3.63) is 29.8 Å². The first-order valence-corrected chi connectivity index (χ1v) is 7.82. The summed E-state index contributed by atoms with van der Waals surface area (Å²) in [6.45, 7) is 5.71. The molecule has 7 nitrogen and oxygen atoms in total. The number of amides is 2. The van der Waals surface area contributed by atoms with Crippen molar-refractivity contribution in [3.63, 3.8) is 0 Å². The van der Waals surface area contributed by atoms with E-state index in [2.05, 4.69) is 15.8 Å². The summed E-state index contributed by atoms with van der Waals surface area (Å²) in [6, 6.07) is 7.30. The van der Waals surface area contributed by atoms with Gasteiger partial charge in [0.25, 0.3) is 0 Å². The van der Waals surface area contributed by atoms with Gasteiger partial charge in [0.05, 0.1) is 13.5 Å². The van der Waals surface area contributed by atoms with Crippen molar-refractivity contribution in [1.29, 1.82) is 0 Å². The van der Waals surface area contributed by atoms with Crippen LogP contribution in [0.3, 0.4) is 0 Å². The van der Waals surface area contributed by atoms with Crippen molar-refractivity contribution in [2.24, 2.45) is 5.10 Å². The van der Waals surface area contributed by atoms with Crippen molar-refractivity contribution in [2.45, 2.75) is 46.3 Å². The fraction of sp³-hybridized carbons (Fsp3) is 0.471. The van der Waals surface area contributed by atoms with Gasteiger partial charge in [0.1, 0.15) is 12.4 Å². The summed E-state index contributed by atoms with van der Waals surface area (Å²) >= 11 is 0. The van der Waals surface area contributed by atoms with Gasteiger partial charge in [0, 0.05) is 11.8 Å². The number of rotatable bonds is 8. The summed E-state index contributed by atoms with van der Waals surface area (Å²) in [7, 11) is 1.59. The normalized spacial score (nSPS) is 12.2. The lowest BCUT2D eigenvalue weighted by Crippen LogP contribution is -2.33. The topological polar surface area (TPSA) is 89.0 Å². The number of hydrogen-bond acceptors (Lipinski definition) is 5. The summed E-state index contributed by atoms with van der Waals surface area (Å²) < 4.78 is 10.1. The van der Waals surface area contributed by atoms with Crippen LogP contribution < -0.4 is 15.5 Å². The van der Waals surface area contributed by atoms with E-state index in [-0.39, 0.29) is 25.0 Å². The molecule has 1 aromatic rings. The van der Waals surface area contributed by atoms with Crippen LogP contribution in [0.1, 0.15) is 39.2 Å². The Morgan fingerprint density at radius 2 is 1.92 bits per heavy atom. The number of hydrogen-bond donors (Lipinski definition) is 2. The molecule has 7 heteroatoms. The van der Waals surface area contributed by atoms with E-state index < -0.39 is 6.09 Å². The molecule has 0 saturated heterocycles.